The Hall–Kier alpha value is -0.620. The summed E-state index contributed by atoms with van der Waals surface area (Å²) in [6.45, 7) is 1.84. The van der Waals surface area contributed by atoms with Gasteiger partial charge in [0.1, 0.15) is 0 Å². The van der Waals surface area contributed by atoms with Crippen molar-refractivity contribution in [2.24, 2.45) is 5.73 Å². The fourth-order valence-electron chi connectivity index (χ4n) is 1.21. The van der Waals surface area contributed by atoms with Crippen molar-refractivity contribution < 1.29 is 9.53 Å². The minimum Gasteiger partial charge on any atom is -0.465 e. The number of hydrogen-bond acceptors (Lipinski definition) is 3. The standard InChI is InChI=1S/C10H12INO2/c1-6(12)8-4-3-7(11)5-9(8)10(13)14-2/h3-6H,12H2,1-2H3. The number of carbonyl (C=O) groups is 1. The minimum atomic E-state index is -0.337. The molecule has 0 heterocycles. The van der Waals surface area contributed by atoms with E-state index in [1.165, 1.54) is 7.11 Å². The van der Waals surface area contributed by atoms with Gasteiger partial charge in [-0.3, -0.25) is 0 Å². The van der Waals surface area contributed by atoms with E-state index in [9.17, 15) is 4.79 Å². The van der Waals surface area contributed by atoms with Gasteiger partial charge < -0.3 is 10.5 Å². The molecule has 0 radical (unpaired) electrons. The van der Waals surface area contributed by atoms with Crippen LogP contribution in [0.15, 0.2) is 18.2 Å². The van der Waals surface area contributed by atoms with E-state index in [2.05, 4.69) is 27.3 Å². The van der Waals surface area contributed by atoms with Crippen molar-refractivity contribution in [3.05, 3.63) is 32.9 Å². The maximum Gasteiger partial charge on any atom is 0.338 e. The Kier molecular flexibility index (Phi) is 3.88. The summed E-state index contributed by atoms with van der Waals surface area (Å²) in [5.41, 5.74) is 7.11. The highest BCUT2D eigenvalue weighted by molar-refractivity contribution is 14.1. The van der Waals surface area contributed by atoms with Gasteiger partial charge in [-0.25, -0.2) is 4.79 Å². The van der Waals surface area contributed by atoms with Crippen LogP contribution >= 0.6 is 22.6 Å². The van der Waals surface area contributed by atoms with Gasteiger partial charge >= 0.3 is 5.97 Å². The van der Waals surface area contributed by atoms with Crippen molar-refractivity contribution >= 4 is 28.6 Å². The number of ether oxygens (including phenoxy) is 1. The van der Waals surface area contributed by atoms with Crippen LogP contribution in [0, 0.1) is 3.57 Å². The first kappa shape index (κ1) is 11.5. The zero-order valence-corrected chi connectivity index (χ0v) is 10.2. The van der Waals surface area contributed by atoms with Gasteiger partial charge in [0.2, 0.25) is 0 Å². The van der Waals surface area contributed by atoms with E-state index >= 15 is 0 Å². The fraction of sp³-hybridized carbons (Fsp3) is 0.300. The van der Waals surface area contributed by atoms with Crippen LogP contribution in [-0.2, 0) is 4.74 Å². The Balaban J connectivity index is 3.22. The van der Waals surface area contributed by atoms with E-state index < -0.39 is 0 Å². The number of nitrogens with two attached hydrogens (primary N) is 1. The van der Waals surface area contributed by atoms with E-state index in [4.69, 9.17) is 5.73 Å². The van der Waals surface area contributed by atoms with Crippen molar-refractivity contribution in [3.63, 3.8) is 0 Å². The van der Waals surface area contributed by atoms with Gasteiger partial charge in [-0.05, 0) is 47.2 Å². The first-order valence-electron chi connectivity index (χ1n) is 4.19. The van der Waals surface area contributed by atoms with E-state index in [0.717, 1.165) is 9.13 Å². The lowest BCUT2D eigenvalue weighted by atomic mass is 10.0. The van der Waals surface area contributed by atoms with Gasteiger partial charge in [0, 0.05) is 9.61 Å². The number of halogens is 1. The van der Waals surface area contributed by atoms with Gasteiger partial charge in [-0.2, -0.15) is 0 Å². The minimum absolute atomic E-state index is 0.166. The second kappa shape index (κ2) is 4.75. The summed E-state index contributed by atoms with van der Waals surface area (Å²) in [6.07, 6.45) is 0. The van der Waals surface area contributed by atoms with Crippen molar-refractivity contribution in [2.45, 2.75) is 13.0 Å². The number of carbonyl (C=O) groups excluding carboxylic acids is 1. The molecular formula is C10H12INO2. The molecule has 1 unspecified atom stereocenters. The average molecular weight is 305 g/mol. The SMILES string of the molecule is COC(=O)c1cc(I)ccc1C(C)N. The van der Waals surface area contributed by atoms with Crippen LogP contribution in [0.4, 0.5) is 0 Å². The van der Waals surface area contributed by atoms with Gasteiger partial charge in [-0.1, -0.05) is 6.07 Å². The largest absolute Gasteiger partial charge is 0.465 e. The Morgan fingerprint density at radius 1 is 1.57 bits per heavy atom. The molecule has 1 rings (SSSR count). The molecule has 0 aliphatic heterocycles. The first-order chi connectivity index (χ1) is 6.56. The van der Waals surface area contributed by atoms with Crippen molar-refractivity contribution in [3.8, 4) is 0 Å². The number of benzene rings is 1. The predicted molar refractivity (Wildman–Crippen MR) is 63.1 cm³/mol. The van der Waals surface area contributed by atoms with Crippen LogP contribution in [0.25, 0.3) is 0 Å². The molecule has 3 nitrogen and oxygen atoms in total. The number of esters is 1. The second-order valence-electron chi connectivity index (χ2n) is 3.01. The lowest BCUT2D eigenvalue weighted by molar-refractivity contribution is 0.0599. The van der Waals surface area contributed by atoms with E-state index in [0.29, 0.717) is 5.56 Å². The maximum atomic E-state index is 11.4. The van der Waals surface area contributed by atoms with Crippen molar-refractivity contribution in [1.82, 2.24) is 0 Å². The number of methoxy groups -OCH3 is 1. The summed E-state index contributed by atoms with van der Waals surface area (Å²) < 4.78 is 5.68. The maximum absolute atomic E-state index is 11.4. The lowest BCUT2D eigenvalue weighted by Crippen LogP contribution is -2.13. The highest BCUT2D eigenvalue weighted by Crippen LogP contribution is 2.19. The predicted octanol–water partition coefficient (Wildman–Crippen LogP) is 2.10. The Morgan fingerprint density at radius 2 is 2.21 bits per heavy atom. The van der Waals surface area contributed by atoms with Crippen molar-refractivity contribution in [2.75, 3.05) is 7.11 Å². The summed E-state index contributed by atoms with van der Waals surface area (Å²) in [7, 11) is 1.37. The molecule has 0 aliphatic carbocycles. The van der Waals surface area contributed by atoms with Gasteiger partial charge in [-0.15, -0.1) is 0 Å². The summed E-state index contributed by atoms with van der Waals surface area (Å²) in [5.74, 6) is -0.337. The molecule has 0 fully saturated rings. The molecule has 14 heavy (non-hydrogen) atoms. The summed E-state index contributed by atoms with van der Waals surface area (Å²) in [5, 5.41) is 0. The molecule has 0 saturated heterocycles. The molecule has 0 aliphatic rings. The van der Waals surface area contributed by atoms with Gasteiger partial charge in [0.05, 0.1) is 12.7 Å². The molecule has 0 amide bonds. The molecule has 0 bridgehead atoms. The quantitative estimate of drug-likeness (QED) is 0.672. The molecule has 0 saturated carbocycles. The van der Waals surface area contributed by atoms with Gasteiger partial charge in [0.25, 0.3) is 0 Å². The summed E-state index contributed by atoms with van der Waals surface area (Å²) in [4.78, 5) is 11.4. The highest BCUT2D eigenvalue weighted by Gasteiger charge is 2.14. The van der Waals surface area contributed by atoms with Crippen LogP contribution in [0.3, 0.4) is 0 Å². The van der Waals surface area contributed by atoms with E-state index in [-0.39, 0.29) is 12.0 Å². The van der Waals surface area contributed by atoms with E-state index in [1.54, 1.807) is 6.07 Å². The molecule has 4 heteroatoms. The second-order valence-corrected chi connectivity index (χ2v) is 4.26. The topological polar surface area (TPSA) is 52.3 Å². The highest BCUT2D eigenvalue weighted by atomic mass is 127. The molecule has 1 aromatic rings. The Bertz CT molecular complexity index is 350. The molecular weight excluding hydrogens is 293 g/mol. The molecule has 2 N–H and O–H groups in total. The zero-order chi connectivity index (χ0) is 10.7. The molecule has 0 aromatic heterocycles. The van der Waals surface area contributed by atoms with E-state index in [1.807, 2.05) is 19.1 Å². The zero-order valence-electron chi connectivity index (χ0n) is 8.08. The average Bonchev–Trinajstić information content (AvgIpc) is 2.16. The van der Waals surface area contributed by atoms with Crippen LogP contribution < -0.4 is 5.73 Å². The van der Waals surface area contributed by atoms with Crippen LogP contribution in [-0.4, -0.2) is 13.1 Å². The molecule has 1 atom stereocenters. The van der Waals surface area contributed by atoms with Crippen LogP contribution in [0.2, 0.25) is 0 Å². The Morgan fingerprint density at radius 3 is 2.71 bits per heavy atom. The van der Waals surface area contributed by atoms with Crippen molar-refractivity contribution in [1.29, 1.82) is 0 Å². The Labute approximate surface area is 96.8 Å². The van der Waals surface area contributed by atoms with Crippen LogP contribution in [0.5, 0.6) is 0 Å². The van der Waals surface area contributed by atoms with Crippen LogP contribution in [0.1, 0.15) is 28.9 Å². The smallest absolute Gasteiger partial charge is 0.338 e. The normalized spacial score (nSPS) is 12.3. The lowest BCUT2D eigenvalue weighted by Gasteiger charge is -2.11. The number of hydrogen-bond donors (Lipinski definition) is 1. The number of rotatable bonds is 2. The first-order valence-corrected chi connectivity index (χ1v) is 5.27. The van der Waals surface area contributed by atoms with Gasteiger partial charge in [0.15, 0.2) is 0 Å². The third-order valence-corrected chi connectivity index (χ3v) is 2.58. The monoisotopic (exact) mass is 305 g/mol. The summed E-state index contributed by atoms with van der Waals surface area (Å²) >= 11 is 2.15. The summed E-state index contributed by atoms with van der Waals surface area (Å²) in [6, 6.07) is 5.40. The molecule has 76 valence electrons. The fourth-order valence-corrected chi connectivity index (χ4v) is 1.70. The third kappa shape index (κ3) is 2.45. The third-order valence-electron chi connectivity index (χ3n) is 1.91. The molecule has 0 spiro atoms. The molecule has 1 aromatic carbocycles.